The molecule has 1 aromatic rings. The molecule has 0 saturated heterocycles. The first-order chi connectivity index (χ1) is 9.95. The van der Waals surface area contributed by atoms with Gasteiger partial charge in [-0.1, -0.05) is 33.6 Å². The SMILES string of the molecule is CCc1c(C(=O)NCC2(O)CCCC2)cnn1CC(C)C. The molecule has 118 valence electrons. The fraction of sp³-hybridized carbons (Fsp3) is 0.750. The van der Waals surface area contributed by atoms with Crippen molar-refractivity contribution in [2.75, 3.05) is 6.54 Å². The van der Waals surface area contributed by atoms with Gasteiger partial charge < -0.3 is 10.4 Å². The molecule has 1 saturated carbocycles. The molecule has 5 heteroatoms. The summed E-state index contributed by atoms with van der Waals surface area (Å²) < 4.78 is 1.92. The first-order valence-corrected chi connectivity index (χ1v) is 8.00. The zero-order valence-corrected chi connectivity index (χ0v) is 13.4. The Hall–Kier alpha value is -1.36. The zero-order valence-electron chi connectivity index (χ0n) is 13.4. The molecule has 0 atom stereocenters. The van der Waals surface area contributed by atoms with Gasteiger partial charge in [0.25, 0.3) is 5.91 Å². The molecule has 1 heterocycles. The predicted molar refractivity (Wildman–Crippen MR) is 82.2 cm³/mol. The third kappa shape index (κ3) is 3.84. The van der Waals surface area contributed by atoms with Gasteiger partial charge in [-0.3, -0.25) is 9.48 Å². The number of carbonyl (C=O) groups is 1. The molecule has 2 N–H and O–H groups in total. The summed E-state index contributed by atoms with van der Waals surface area (Å²) in [5, 5.41) is 17.5. The number of nitrogens with one attached hydrogen (secondary N) is 1. The van der Waals surface area contributed by atoms with Gasteiger partial charge >= 0.3 is 0 Å². The highest BCUT2D eigenvalue weighted by molar-refractivity contribution is 5.95. The fourth-order valence-electron chi connectivity index (χ4n) is 3.03. The van der Waals surface area contributed by atoms with E-state index in [4.69, 9.17) is 0 Å². The first kappa shape index (κ1) is 16.0. The quantitative estimate of drug-likeness (QED) is 0.844. The van der Waals surface area contributed by atoms with Crippen LogP contribution in [0.1, 0.15) is 62.5 Å². The highest BCUT2D eigenvalue weighted by atomic mass is 16.3. The zero-order chi connectivity index (χ0) is 15.5. The van der Waals surface area contributed by atoms with Gasteiger partial charge in [0.1, 0.15) is 0 Å². The number of aliphatic hydroxyl groups is 1. The number of nitrogens with zero attached hydrogens (tertiary/aromatic N) is 2. The summed E-state index contributed by atoms with van der Waals surface area (Å²) in [6.45, 7) is 7.47. The minimum atomic E-state index is -0.712. The van der Waals surface area contributed by atoms with Crippen LogP contribution in [0, 0.1) is 5.92 Å². The minimum Gasteiger partial charge on any atom is -0.388 e. The van der Waals surface area contributed by atoms with Crippen molar-refractivity contribution < 1.29 is 9.90 Å². The lowest BCUT2D eigenvalue weighted by molar-refractivity contribution is 0.0449. The van der Waals surface area contributed by atoms with Crippen LogP contribution < -0.4 is 5.32 Å². The molecule has 1 aromatic heterocycles. The molecule has 21 heavy (non-hydrogen) atoms. The van der Waals surface area contributed by atoms with Crippen molar-refractivity contribution in [1.29, 1.82) is 0 Å². The Morgan fingerprint density at radius 1 is 1.48 bits per heavy atom. The Balaban J connectivity index is 2.03. The highest BCUT2D eigenvalue weighted by Gasteiger charge is 2.31. The topological polar surface area (TPSA) is 67.2 Å². The number of carbonyl (C=O) groups excluding carboxylic acids is 1. The van der Waals surface area contributed by atoms with Crippen LogP contribution in [0.2, 0.25) is 0 Å². The van der Waals surface area contributed by atoms with E-state index >= 15 is 0 Å². The Bertz CT molecular complexity index is 488. The van der Waals surface area contributed by atoms with Crippen molar-refractivity contribution in [3.8, 4) is 0 Å². The van der Waals surface area contributed by atoms with Crippen molar-refractivity contribution >= 4 is 5.91 Å². The molecular weight excluding hydrogens is 266 g/mol. The van der Waals surface area contributed by atoms with E-state index in [9.17, 15) is 9.90 Å². The second-order valence-corrected chi connectivity index (χ2v) is 6.55. The molecule has 1 amide bonds. The Morgan fingerprint density at radius 2 is 2.14 bits per heavy atom. The number of rotatable bonds is 6. The van der Waals surface area contributed by atoms with Crippen LogP contribution in [0.25, 0.3) is 0 Å². The summed E-state index contributed by atoms with van der Waals surface area (Å²) in [6, 6.07) is 0. The van der Waals surface area contributed by atoms with Crippen LogP contribution in [0.4, 0.5) is 0 Å². The van der Waals surface area contributed by atoms with Gasteiger partial charge in [0, 0.05) is 13.1 Å². The number of hydrogen-bond donors (Lipinski definition) is 2. The van der Waals surface area contributed by atoms with E-state index < -0.39 is 5.60 Å². The fourth-order valence-corrected chi connectivity index (χ4v) is 3.03. The average Bonchev–Trinajstić information content (AvgIpc) is 3.02. The molecule has 0 unspecified atom stereocenters. The van der Waals surface area contributed by atoms with E-state index in [0.717, 1.165) is 44.3 Å². The van der Waals surface area contributed by atoms with Crippen molar-refractivity contribution in [3.05, 3.63) is 17.5 Å². The molecule has 1 aliphatic rings. The molecule has 0 bridgehead atoms. The van der Waals surface area contributed by atoms with E-state index in [2.05, 4.69) is 24.3 Å². The normalized spacial score (nSPS) is 17.4. The summed E-state index contributed by atoms with van der Waals surface area (Å²) in [5.74, 6) is 0.368. The minimum absolute atomic E-state index is 0.123. The van der Waals surface area contributed by atoms with E-state index in [1.54, 1.807) is 6.20 Å². The summed E-state index contributed by atoms with van der Waals surface area (Å²) in [7, 11) is 0. The third-order valence-corrected chi connectivity index (χ3v) is 4.18. The van der Waals surface area contributed by atoms with Crippen LogP contribution >= 0.6 is 0 Å². The van der Waals surface area contributed by atoms with Crippen molar-refractivity contribution in [3.63, 3.8) is 0 Å². The molecule has 1 fully saturated rings. The monoisotopic (exact) mass is 293 g/mol. The Labute approximate surface area is 126 Å². The van der Waals surface area contributed by atoms with Gasteiger partial charge in [-0.25, -0.2) is 0 Å². The first-order valence-electron chi connectivity index (χ1n) is 8.00. The summed E-state index contributed by atoms with van der Waals surface area (Å²) in [6.07, 6.45) is 6.06. The van der Waals surface area contributed by atoms with E-state index in [0.29, 0.717) is 18.0 Å². The molecule has 1 aliphatic carbocycles. The number of amides is 1. The van der Waals surface area contributed by atoms with Crippen LogP contribution in [0.5, 0.6) is 0 Å². The maximum absolute atomic E-state index is 12.3. The standard InChI is InChI=1S/C16H27N3O2/c1-4-14-13(9-18-19(14)10-12(2)3)15(20)17-11-16(21)7-5-6-8-16/h9,12,21H,4-8,10-11H2,1-3H3,(H,17,20). The van der Waals surface area contributed by atoms with Crippen LogP contribution in [-0.2, 0) is 13.0 Å². The molecule has 0 aromatic carbocycles. The second-order valence-electron chi connectivity index (χ2n) is 6.55. The van der Waals surface area contributed by atoms with Crippen LogP contribution in [-0.4, -0.2) is 32.9 Å². The van der Waals surface area contributed by atoms with Crippen molar-refractivity contribution in [1.82, 2.24) is 15.1 Å². The maximum atomic E-state index is 12.3. The van der Waals surface area contributed by atoms with Crippen molar-refractivity contribution in [2.24, 2.45) is 5.92 Å². The average molecular weight is 293 g/mol. The molecular formula is C16H27N3O2. The van der Waals surface area contributed by atoms with Gasteiger partial charge in [0.05, 0.1) is 23.1 Å². The predicted octanol–water partition coefficient (Wildman–Crippen LogP) is 2.14. The lowest BCUT2D eigenvalue weighted by Gasteiger charge is -2.22. The second kappa shape index (κ2) is 6.60. The summed E-state index contributed by atoms with van der Waals surface area (Å²) >= 11 is 0. The van der Waals surface area contributed by atoms with Crippen molar-refractivity contribution in [2.45, 2.75) is 65.0 Å². The largest absolute Gasteiger partial charge is 0.388 e. The van der Waals surface area contributed by atoms with E-state index in [1.807, 2.05) is 11.6 Å². The van der Waals surface area contributed by atoms with Gasteiger partial charge in [0.2, 0.25) is 0 Å². The molecule has 2 rings (SSSR count). The maximum Gasteiger partial charge on any atom is 0.254 e. The van der Waals surface area contributed by atoms with E-state index in [-0.39, 0.29) is 5.91 Å². The third-order valence-electron chi connectivity index (χ3n) is 4.18. The van der Waals surface area contributed by atoms with Crippen LogP contribution in [0.15, 0.2) is 6.20 Å². The van der Waals surface area contributed by atoms with Gasteiger partial charge in [-0.05, 0) is 25.2 Å². The Kier molecular flexibility index (Phi) is 5.04. The number of hydrogen-bond acceptors (Lipinski definition) is 3. The summed E-state index contributed by atoms with van der Waals surface area (Å²) in [4.78, 5) is 12.3. The molecule has 5 nitrogen and oxygen atoms in total. The number of aromatic nitrogens is 2. The van der Waals surface area contributed by atoms with Crippen LogP contribution in [0.3, 0.4) is 0 Å². The smallest absolute Gasteiger partial charge is 0.254 e. The van der Waals surface area contributed by atoms with Gasteiger partial charge in [-0.2, -0.15) is 5.10 Å². The lowest BCUT2D eigenvalue weighted by Crippen LogP contribution is -2.40. The molecule has 0 radical (unpaired) electrons. The van der Waals surface area contributed by atoms with E-state index in [1.165, 1.54) is 0 Å². The Morgan fingerprint density at radius 3 is 2.71 bits per heavy atom. The summed E-state index contributed by atoms with van der Waals surface area (Å²) in [5.41, 5.74) is 0.898. The van der Waals surface area contributed by atoms with Gasteiger partial charge in [0.15, 0.2) is 0 Å². The molecule has 0 spiro atoms. The molecule has 0 aliphatic heterocycles. The lowest BCUT2D eigenvalue weighted by atomic mass is 10.0. The van der Waals surface area contributed by atoms with Gasteiger partial charge in [-0.15, -0.1) is 0 Å². The highest BCUT2D eigenvalue weighted by Crippen LogP contribution is 2.28.